The second-order valence-corrected chi connectivity index (χ2v) is 8.58. The molecular formula is C27H27N5O. The number of hydrogen-bond donors (Lipinski definition) is 2. The summed E-state index contributed by atoms with van der Waals surface area (Å²) >= 11 is 0. The molecule has 5 rings (SSSR count). The third-order valence-corrected chi connectivity index (χ3v) is 6.32. The summed E-state index contributed by atoms with van der Waals surface area (Å²) in [5, 5.41) is 0. The number of imidazole rings is 1. The first kappa shape index (κ1) is 21.1. The van der Waals surface area contributed by atoms with E-state index < -0.39 is 6.04 Å². The molecule has 0 unspecified atom stereocenters. The average Bonchev–Trinajstić information content (AvgIpc) is 3.25. The molecule has 6 nitrogen and oxygen atoms in total. The Morgan fingerprint density at radius 3 is 2.52 bits per heavy atom. The van der Waals surface area contributed by atoms with Gasteiger partial charge in [0, 0.05) is 36.6 Å². The molecule has 1 aliphatic rings. The number of aromatic amines is 1. The van der Waals surface area contributed by atoms with Crippen molar-refractivity contribution in [2.45, 2.75) is 38.4 Å². The number of aryl methyl sites for hydroxylation is 1. The largest absolute Gasteiger partial charge is 0.344 e. The molecule has 2 atom stereocenters. The van der Waals surface area contributed by atoms with Crippen LogP contribution in [0.4, 0.5) is 0 Å². The number of amides is 1. The van der Waals surface area contributed by atoms with E-state index in [-0.39, 0.29) is 11.9 Å². The number of nitrogens with zero attached hydrogens (tertiary/aromatic N) is 3. The highest BCUT2D eigenvalue weighted by Crippen LogP contribution is 2.34. The van der Waals surface area contributed by atoms with Gasteiger partial charge in [-0.25, -0.2) is 4.98 Å². The third kappa shape index (κ3) is 4.30. The van der Waals surface area contributed by atoms with E-state index in [1.165, 1.54) is 5.56 Å². The predicted molar refractivity (Wildman–Crippen MR) is 128 cm³/mol. The monoisotopic (exact) mass is 437 g/mol. The fourth-order valence-electron chi connectivity index (χ4n) is 4.59. The maximum Gasteiger partial charge on any atom is 0.240 e. The van der Waals surface area contributed by atoms with Gasteiger partial charge in [0.25, 0.3) is 0 Å². The lowest BCUT2D eigenvalue weighted by atomic mass is 9.92. The molecule has 0 spiro atoms. The van der Waals surface area contributed by atoms with Crippen molar-refractivity contribution in [2.75, 3.05) is 0 Å². The highest BCUT2D eigenvalue weighted by atomic mass is 16.2. The van der Waals surface area contributed by atoms with Crippen LogP contribution < -0.4 is 5.73 Å². The molecule has 4 aromatic rings. The van der Waals surface area contributed by atoms with Crippen LogP contribution >= 0.6 is 0 Å². The molecule has 0 aliphatic carbocycles. The number of nitrogens with two attached hydrogens (primary N) is 1. The Labute approximate surface area is 193 Å². The average molecular weight is 438 g/mol. The summed E-state index contributed by atoms with van der Waals surface area (Å²) < 4.78 is 0. The summed E-state index contributed by atoms with van der Waals surface area (Å²) in [7, 11) is 0. The lowest BCUT2D eigenvalue weighted by Gasteiger charge is -2.37. The summed E-state index contributed by atoms with van der Waals surface area (Å²) in [6.07, 6.45) is 4.62. The van der Waals surface area contributed by atoms with E-state index in [1.54, 1.807) is 12.4 Å². The molecule has 166 valence electrons. The highest BCUT2D eigenvalue weighted by Gasteiger charge is 2.35. The molecule has 6 heteroatoms. The van der Waals surface area contributed by atoms with Gasteiger partial charge in [0.1, 0.15) is 5.82 Å². The van der Waals surface area contributed by atoms with E-state index in [0.29, 0.717) is 19.4 Å². The molecule has 0 saturated carbocycles. The van der Waals surface area contributed by atoms with Crippen LogP contribution in [-0.4, -0.2) is 31.8 Å². The van der Waals surface area contributed by atoms with Gasteiger partial charge >= 0.3 is 0 Å². The molecule has 2 aromatic heterocycles. The van der Waals surface area contributed by atoms with Crippen molar-refractivity contribution in [3.63, 3.8) is 0 Å². The van der Waals surface area contributed by atoms with Crippen molar-refractivity contribution in [2.24, 2.45) is 5.73 Å². The van der Waals surface area contributed by atoms with Gasteiger partial charge in [-0.2, -0.15) is 0 Å². The number of rotatable bonds is 5. The number of benzene rings is 2. The number of aromatic nitrogens is 3. The topological polar surface area (TPSA) is 87.9 Å². The molecule has 0 radical (unpaired) electrons. The van der Waals surface area contributed by atoms with Crippen LogP contribution in [-0.2, 0) is 24.2 Å². The van der Waals surface area contributed by atoms with Gasteiger partial charge in [0.15, 0.2) is 0 Å². The molecule has 33 heavy (non-hydrogen) atoms. The summed E-state index contributed by atoms with van der Waals surface area (Å²) in [4.78, 5) is 28.0. The lowest BCUT2D eigenvalue weighted by molar-refractivity contribution is -0.136. The van der Waals surface area contributed by atoms with Gasteiger partial charge < -0.3 is 15.6 Å². The standard InChI is InChI=1S/C27H27N5O/c1-18-25(20-7-3-2-4-8-20)31-26(30-18)24-16-21-9-5-6-10-22(21)17-32(24)27(33)23(28)15-19-11-13-29-14-12-19/h2-14,23-24H,15-17,28H2,1H3,(H,30,31)/t23-,24-/m0/s1. The zero-order chi connectivity index (χ0) is 22.8. The Kier molecular flexibility index (Phi) is 5.75. The van der Waals surface area contributed by atoms with Gasteiger partial charge in [-0.3, -0.25) is 9.78 Å². The Morgan fingerprint density at radius 1 is 1.06 bits per heavy atom. The summed E-state index contributed by atoms with van der Waals surface area (Å²) in [5.41, 5.74) is 12.8. The maximum atomic E-state index is 13.6. The van der Waals surface area contributed by atoms with Crippen LogP contribution in [0.5, 0.6) is 0 Å². The fraction of sp³-hybridized carbons (Fsp3) is 0.222. The lowest BCUT2D eigenvalue weighted by Crippen LogP contribution is -2.48. The Morgan fingerprint density at radius 2 is 1.76 bits per heavy atom. The number of nitrogens with one attached hydrogen (secondary N) is 1. The van der Waals surface area contributed by atoms with Gasteiger partial charge in [-0.05, 0) is 42.2 Å². The van der Waals surface area contributed by atoms with Crippen LogP contribution in [0.2, 0.25) is 0 Å². The summed E-state index contributed by atoms with van der Waals surface area (Å²) in [6.45, 7) is 2.54. The first-order chi connectivity index (χ1) is 16.1. The molecule has 1 aliphatic heterocycles. The summed E-state index contributed by atoms with van der Waals surface area (Å²) in [6, 6.07) is 21.4. The van der Waals surface area contributed by atoms with E-state index in [9.17, 15) is 4.79 Å². The Balaban J connectivity index is 1.48. The van der Waals surface area contributed by atoms with Crippen LogP contribution in [0, 0.1) is 6.92 Å². The molecule has 1 amide bonds. The SMILES string of the molecule is Cc1[nH]c([C@@H]2Cc3ccccc3CN2C(=O)[C@@H](N)Cc2ccncc2)nc1-c1ccccc1. The van der Waals surface area contributed by atoms with E-state index in [0.717, 1.165) is 33.9 Å². The molecule has 3 N–H and O–H groups in total. The van der Waals surface area contributed by atoms with Gasteiger partial charge in [0.05, 0.1) is 17.8 Å². The van der Waals surface area contributed by atoms with Gasteiger partial charge in [0.2, 0.25) is 5.91 Å². The molecule has 3 heterocycles. The first-order valence-electron chi connectivity index (χ1n) is 11.2. The van der Waals surface area contributed by atoms with Crippen LogP contribution in [0.1, 0.15) is 34.3 Å². The molecule has 0 fully saturated rings. The van der Waals surface area contributed by atoms with Crippen molar-refractivity contribution in [3.8, 4) is 11.3 Å². The Bertz CT molecular complexity index is 1250. The van der Waals surface area contributed by atoms with Crippen molar-refractivity contribution in [1.29, 1.82) is 0 Å². The minimum atomic E-state index is -0.634. The highest BCUT2D eigenvalue weighted by molar-refractivity contribution is 5.82. The minimum absolute atomic E-state index is 0.0679. The van der Waals surface area contributed by atoms with Gasteiger partial charge in [-0.1, -0.05) is 54.6 Å². The molecule has 0 saturated heterocycles. The van der Waals surface area contributed by atoms with E-state index in [2.05, 4.69) is 34.2 Å². The molecule has 0 bridgehead atoms. The maximum absolute atomic E-state index is 13.6. The number of H-pyrrole nitrogens is 1. The van der Waals surface area contributed by atoms with Gasteiger partial charge in [-0.15, -0.1) is 0 Å². The fourth-order valence-corrected chi connectivity index (χ4v) is 4.59. The predicted octanol–water partition coefficient (Wildman–Crippen LogP) is 3.98. The van der Waals surface area contributed by atoms with Crippen LogP contribution in [0.15, 0.2) is 79.1 Å². The quantitative estimate of drug-likeness (QED) is 0.494. The number of carbonyl (C=O) groups excluding carboxylic acids is 1. The number of carbonyl (C=O) groups is 1. The van der Waals surface area contributed by atoms with E-state index in [1.807, 2.05) is 54.3 Å². The third-order valence-electron chi connectivity index (χ3n) is 6.32. The summed E-state index contributed by atoms with van der Waals surface area (Å²) in [5.74, 6) is 0.729. The van der Waals surface area contributed by atoms with Crippen molar-refractivity contribution < 1.29 is 4.79 Å². The van der Waals surface area contributed by atoms with E-state index in [4.69, 9.17) is 10.7 Å². The number of fused-ring (bicyclic) bond motifs is 1. The van der Waals surface area contributed by atoms with E-state index >= 15 is 0 Å². The normalized spacial score (nSPS) is 16.3. The first-order valence-corrected chi connectivity index (χ1v) is 11.2. The van der Waals surface area contributed by atoms with Crippen molar-refractivity contribution >= 4 is 5.91 Å². The second kappa shape index (κ2) is 9.00. The molecule has 2 aromatic carbocycles. The van der Waals surface area contributed by atoms with Crippen molar-refractivity contribution in [3.05, 3.63) is 107 Å². The zero-order valence-electron chi connectivity index (χ0n) is 18.6. The number of hydrogen-bond acceptors (Lipinski definition) is 4. The minimum Gasteiger partial charge on any atom is -0.344 e. The van der Waals surface area contributed by atoms with Crippen LogP contribution in [0.25, 0.3) is 11.3 Å². The molecular weight excluding hydrogens is 410 g/mol. The zero-order valence-corrected chi connectivity index (χ0v) is 18.6. The van der Waals surface area contributed by atoms with Crippen molar-refractivity contribution in [1.82, 2.24) is 19.9 Å². The smallest absolute Gasteiger partial charge is 0.240 e. The Hall–Kier alpha value is -3.77. The second-order valence-electron chi connectivity index (χ2n) is 8.58. The van der Waals surface area contributed by atoms with Crippen LogP contribution in [0.3, 0.4) is 0 Å². The number of pyridine rings is 1.